The molecule has 3 heterocycles. The summed E-state index contributed by atoms with van der Waals surface area (Å²) in [5, 5.41) is 7.43. The number of rotatable bonds is 4. The highest BCUT2D eigenvalue weighted by molar-refractivity contribution is 5.77. The van der Waals surface area contributed by atoms with Gasteiger partial charge in [-0.3, -0.25) is 14.3 Å². The molecular weight excluding hydrogens is 344 g/mol. The fourth-order valence-corrected chi connectivity index (χ4v) is 3.99. The van der Waals surface area contributed by atoms with Crippen LogP contribution in [-0.4, -0.2) is 32.8 Å². The number of aromatic nitrogens is 3. The van der Waals surface area contributed by atoms with Gasteiger partial charge in [-0.2, -0.15) is 5.10 Å². The molecule has 27 heavy (non-hydrogen) atoms. The highest BCUT2D eigenvalue weighted by Gasteiger charge is 2.26. The number of likely N-dealkylation sites (tertiary alicyclic amines) is 1. The second kappa shape index (κ2) is 7.15. The van der Waals surface area contributed by atoms with E-state index in [0.29, 0.717) is 29.6 Å². The topological polar surface area (TPSA) is 84.1 Å². The van der Waals surface area contributed by atoms with Crippen LogP contribution in [0.2, 0.25) is 0 Å². The first kappa shape index (κ1) is 17.7. The Labute approximate surface area is 156 Å². The predicted octanol–water partition coefficient (Wildman–Crippen LogP) is 2.39. The highest BCUT2D eigenvalue weighted by Crippen LogP contribution is 2.26. The summed E-state index contributed by atoms with van der Waals surface area (Å²) in [5.74, 6) is 1.00. The van der Waals surface area contributed by atoms with Crippen molar-refractivity contribution < 1.29 is 4.42 Å². The van der Waals surface area contributed by atoms with Gasteiger partial charge in [0.1, 0.15) is 11.4 Å². The van der Waals surface area contributed by atoms with Crippen LogP contribution in [0.5, 0.6) is 0 Å². The first-order valence-electron chi connectivity index (χ1n) is 9.45. The summed E-state index contributed by atoms with van der Waals surface area (Å²) in [6.07, 6.45) is 3.58. The average molecular weight is 368 g/mol. The number of aryl methyl sites for hydroxylation is 1. The minimum atomic E-state index is -0.157. The van der Waals surface area contributed by atoms with Gasteiger partial charge in [0.2, 0.25) is 0 Å². The third-order valence-electron chi connectivity index (χ3n) is 5.37. The normalized spacial score (nSPS) is 18.2. The minimum absolute atomic E-state index is 0.0345. The molecule has 142 valence electrons. The van der Waals surface area contributed by atoms with Crippen molar-refractivity contribution in [3.8, 4) is 0 Å². The standard InChI is InChI=1S/C20H24N4O3/c1-3-24-19(21-22-20(24)26)14-5-4-8-23(10-14)11-15-12-27-17-7-6-13(2)9-16(17)18(15)25/h6-7,9,12,14H,3-5,8,10-11H2,1-2H3,(H,22,26). The van der Waals surface area contributed by atoms with Crippen LogP contribution in [0.4, 0.5) is 0 Å². The Kier molecular flexibility index (Phi) is 4.70. The molecule has 7 nitrogen and oxygen atoms in total. The van der Waals surface area contributed by atoms with Gasteiger partial charge < -0.3 is 4.42 Å². The van der Waals surface area contributed by atoms with Gasteiger partial charge >= 0.3 is 5.69 Å². The van der Waals surface area contributed by atoms with E-state index in [2.05, 4.69) is 15.1 Å². The maximum Gasteiger partial charge on any atom is 0.343 e. The van der Waals surface area contributed by atoms with Crippen molar-refractivity contribution in [1.82, 2.24) is 19.7 Å². The van der Waals surface area contributed by atoms with Gasteiger partial charge in [0, 0.05) is 31.1 Å². The lowest BCUT2D eigenvalue weighted by atomic mass is 9.96. The summed E-state index contributed by atoms with van der Waals surface area (Å²) >= 11 is 0. The Morgan fingerprint density at radius 2 is 2.19 bits per heavy atom. The molecule has 1 aliphatic heterocycles. The van der Waals surface area contributed by atoms with E-state index in [1.807, 2.05) is 32.0 Å². The smallest absolute Gasteiger partial charge is 0.343 e. The quantitative estimate of drug-likeness (QED) is 0.764. The Morgan fingerprint density at radius 3 is 3.00 bits per heavy atom. The zero-order valence-electron chi connectivity index (χ0n) is 15.7. The van der Waals surface area contributed by atoms with Crippen LogP contribution < -0.4 is 11.1 Å². The van der Waals surface area contributed by atoms with Gasteiger partial charge in [0.15, 0.2) is 5.43 Å². The Hall–Kier alpha value is -2.67. The molecule has 0 aliphatic carbocycles. The molecule has 1 aromatic carbocycles. The molecule has 0 bridgehead atoms. The summed E-state index contributed by atoms with van der Waals surface area (Å²) in [5.41, 5.74) is 2.21. The van der Waals surface area contributed by atoms with Crippen LogP contribution in [0.1, 0.15) is 42.6 Å². The lowest BCUT2D eigenvalue weighted by Crippen LogP contribution is -2.36. The van der Waals surface area contributed by atoms with Crippen molar-refractivity contribution in [2.75, 3.05) is 13.1 Å². The summed E-state index contributed by atoms with van der Waals surface area (Å²) in [7, 11) is 0. The molecule has 0 amide bonds. The first-order valence-corrected chi connectivity index (χ1v) is 9.45. The third kappa shape index (κ3) is 3.35. The van der Waals surface area contributed by atoms with E-state index in [0.717, 1.165) is 37.3 Å². The molecule has 1 atom stereocenters. The number of piperidine rings is 1. The number of benzene rings is 1. The van der Waals surface area contributed by atoms with Crippen molar-refractivity contribution in [3.63, 3.8) is 0 Å². The third-order valence-corrected chi connectivity index (χ3v) is 5.37. The largest absolute Gasteiger partial charge is 0.464 e. The van der Waals surface area contributed by atoms with Crippen LogP contribution in [0.25, 0.3) is 11.0 Å². The van der Waals surface area contributed by atoms with Crippen molar-refractivity contribution in [1.29, 1.82) is 0 Å². The fraction of sp³-hybridized carbons (Fsp3) is 0.450. The second-order valence-corrected chi connectivity index (χ2v) is 7.30. The molecule has 7 heteroatoms. The van der Waals surface area contributed by atoms with Crippen LogP contribution in [0.15, 0.2) is 38.5 Å². The van der Waals surface area contributed by atoms with Crippen LogP contribution >= 0.6 is 0 Å². The molecule has 1 aliphatic rings. The number of hydrogen-bond acceptors (Lipinski definition) is 5. The highest BCUT2D eigenvalue weighted by atomic mass is 16.3. The van der Waals surface area contributed by atoms with Gasteiger partial charge in [-0.15, -0.1) is 0 Å². The zero-order valence-corrected chi connectivity index (χ0v) is 15.7. The number of nitrogens with zero attached hydrogens (tertiary/aromatic N) is 3. The van der Waals surface area contributed by atoms with Gasteiger partial charge in [-0.1, -0.05) is 11.6 Å². The molecule has 0 saturated carbocycles. The molecular formula is C20H24N4O3. The van der Waals surface area contributed by atoms with Crippen LogP contribution in [-0.2, 0) is 13.1 Å². The molecule has 2 aromatic heterocycles. The second-order valence-electron chi connectivity index (χ2n) is 7.30. The van der Waals surface area contributed by atoms with Crippen molar-refractivity contribution in [2.45, 2.75) is 45.7 Å². The van der Waals surface area contributed by atoms with Gasteiger partial charge in [0.25, 0.3) is 0 Å². The number of aromatic amines is 1. The van der Waals surface area contributed by atoms with E-state index in [4.69, 9.17) is 4.42 Å². The molecule has 1 saturated heterocycles. The number of fused-ring (bicyclic) bond motifs is 1. The van der Waals surface area contributed by atoms with Crippen molar-refractivity contribution in [3.05, 3.63) is 62.1 Å². The molecule has 0 spiro atoms. The molecule has 4 rings (SSSR count). The minimum Gasteiger partial charge on any atom is -0.464 e. The van der Waals surface area contributed by atoms with Crippen molar-refractivity contribution >= 4 is 11.0 Å². The molecule has 1 N–H and O–H groups in total. The van der Waals surface area contributed by atoms with E-state index in [-0.39, 0.29) is 17.0 Å². The maximum atomic E-state index is 12.9. The molecule has 1 fully saturated rings. The lowest BCUT2D eigenvalue weighted by Gasteiger charge is -2.32. The molecule has 3 aromatic rings. The van der Waals surface area contributed by atoms with Crippen LogP contribution in [0.3, 0.4) is 0 Å². The summed E-state index contributed by atoms with van der Waals surface area (Å²) < 4.78 is 7.38. The molecule has 1 unspecified atom stereocenters. The average Bonchev–Trinajstić information content (AvgIpc) is 3.05. The molecule has 0 radical (unpaired) electrons. The summed E-state index contributed by atoms with van der Waals surface area (Å²) in [6.45, 7) is 6.76. The van der Waals surface area contributed by atoms with E-state index in [1.165, 1.54) is 0 Å². The SMILES string of the molecule is CCn1c(C2CCCN(Cc3coc4ccc(C)cc4c3=O)C2)n[nH]c1=O. The van der Waals surface area contributed by atoms with Gasteiger partial charge in [-0.05, 0) is 45.4 Å². The van der Waals surface area contributed by atoms with Crippen molar-refractivity contribution in [2.24, 2.45) is 0 Å². The zero-order chi connectivity index (χ0) is 19.0. The monoisotopic (exact) mass is 368 g/mol. The Morgan fingerprint density at radius 1 is 1.33 bits per heavy atom. The Balaban J connectivity index is 1.58. The number of H-pyrrole nitrogens is 1. The maximum absolute atomic E-state index is 12.9. The first-order chi connectivity index (χ1) is 13.1. The lowest BCUT2D eigenvalue weighted by molar-refractivity contribution is 0.193. The number of nitrogens with one attached hydrogen (secondary N) is 1. The van der Waals surface area contributed by atoms with Gasteiger partial charge in [-0.25, -0.2) is 9.89 Å². The van der Waals surface area contributed by atoms with Gasteiger partial charge in [0.05, 0.1) is 11.6 Å². The summed E-state index contributed by atoms with van der Waals surface area (Å²) in [6, 6.07) is 5.67. The van der Waals surface area contributed by atoms with E-state index < -0.39 is 0 Å². The van der Waals surface area contributed by atoms with Crippen LogP contribution in [0, 0.1) is 6.92 Å². The number of hydrogen-bond donors (Lipinski definition) is 1. The van der Waals surface area contributed by atoms with E-state index in [9.17, 15) is 9.59 Å². The predicted molar refractivity (Wildman–Crippen MR) is 103 cm³/mol. The van der Waals surface area contributed by atoms with E-state index in [1.54, 1.807) is 10.8 Å². The fourth-order valence-electron chi connectivity index (χ4n) is 3.99. The van der Waals surface area contributed by atoms with E-state index >= 15 is 0 Å². The Bertz CT molecular complexity index is 1080. The summed E-state index contributed by atoms with van der Waals surface area (Å²) in [4.78, 5) is 27.0.